The molecule has 0 bridgehead atoms. The minimum Gasteiger partial charge on any atom is -0.460 e. The zero-order valence-corrected chi connectivity index (χ0v) is 32.5. The fourth-order valence-corrected chi connectivity index (χ4v) is 10.1. The average Bonchev–Trinajstić information content (AvgIpc) is 4.02. The van der Waals surface area contributed by atoms with Crippen LogP contribution in [0.25, 0.3) is 11.1 Å². The van der Waals surface area contributed by atoms with Crippen LogP contribution >= 0.6 is 0 Å². The van der Waals surface area contributed by atoms with Gasteiger partial charge in [-0.25, -0.2) is 8.42 Å². The zero-order chi connectivity index (χ0) is 38.3. The lowest BCUT2D eigenvalue weighted by molar-refractivity contribution is -0.159. The van der Waals surface area contributed by atoms with Crippen LogP contribution < -0.4 is 10.0 Å². The molecule has 12 heteroatoms. The number of rotatable bonds is 8. The molecule has 0 radical (unpaired) electrons. The predicted molar refractivity (Wildman–Crippen MR) is 205 cm³/mol. The van der Waals surface area contributed by atoms with Gasteiger partial charge in [0.25, 0.3) is 5.91 Å². The lowest BCUT2D eigenvalue weighted by atomic mass is 9.92. The maximum atomic E-state index is 14.7. The van der Waals surface area contributed by atoms with Crippen molar-refractivity contribution in [3.63, 3.8) is 0 Å². The van der Waals surface area contributed by atoms with E-state index in [4.69, 9.17) is 4.74 Å². The van der Waals surface area contributed by atoms with Crippen LogP contribution in [-0.2, 0) is 40.5 Å². The van der Waals surface area contributed by atoms with Crippen LogP contribution in [0.2, 0.25) is 0 Å². The topological polar surface area (TPSA) is 142 Å². The molecule has 2 saturated heterocycles. The van der Waals surface area contributed by atoms with Gasteiger partial charge >= 0.3 is 5.97 Å². The summed E-state index contributed by atoms with van der Waals surface area (Å²) in [6, 6.07) is 17.8. The zero-order valence-electron chi connectivity index (χ0n) is 31.7. The number of carbonyl (C=O) groups is 4. The molecule has 6 atom stereocenters. The van der Waals surface area contributed by atoms with Crippen molar-refractivity contribution in [1.82, 2.24) is 19.8 Å². The second-order valence-corrected chi connectivity index (χ2v) is 19.1. The summed E-state index contributed by atoms with van der Waals surface area (Å²) in [7, 11) is -3.85. The van der Waals surface area contributed by atoms with Gasteiger partial charge in [0.2, 0.25) is 21.8 Å². The summed E-state index contributed by atoms with van der Waals surface area (Å²) in [6.07, 6.45) is 8.85. The van der Waals surface area contributed by atoms with Gasteiger partial charge in [-0.3, -0.25) is 28.8 Å². The molecule has 5 aliphatic rings. The van der Waals surface area contributed by atoms with Crippen molar-refractivity contribution in [1.29, 1.82) is 0 Å². The smallest absolute Gasteiger partial charge is 0.307 e. The molecule has 2 aliphatic carbocycles. The molecule has 2 aromatic rings. The molecule has 0 unspecified atom stereocenters. The van der Waals surface area contributed by atoms with Gasteiger partial charge in [0.05, 0.1) is 11.7 Å². The van der Waals surface area contributed by atoms with Crippen molar-refractivity contribution in [3.8, 4) is 11.1 Å². The van der Waals surface area contributed by atoms with Gasteiger partial charge < -0.3 is 15.0 Å². The number of nitrogens with zero attached hydrogens (tertiary/aromatic N) is 2. The molecular weight excluding hydrogens is 705 g/mol. The van der Waals surface area contributed by atoms with Crippen molar-refractivity contribution in [3.05, 3.63) is 72.3 Å². The number of ether oxygens (including phenoxy) is 1. The maximum Gasteiger partial charge on any atom is 0.307 e. The van der Waals surface area contributed by atoms with E-state index in [1.807, 2.05) is 30.4 Å². The highest BCUT2D eigenvalue weighted by atomic mass is 32.2. The number of likely N-dealkylation sites (tertiary alicyclic amines) is 1. The number of benzene rings is 2. The highest BCUT2D eigenvalue weighted by Gasteiger charge is 2.63. The van der Waals surface area contributed by atoms with E-state index in [-0.39, 0.29) is 36.5 Å². The van der Waals surface area contributed by atoms with E-state index in [9.17, 15) is 27.6 Å². The molecule has 4 fully saturated rings. The normalized spacial score (nSPS) is 29.8. The maximum absolute atomic E-state index is 14.7. The molecule has 290 valence electrons. The number of hydrogen-bond acceptors (Lipinski definition) is 8. The Kier molecular flexibility index (Phi) is 10.8. The monoisotopic (exact) mass is 758 g/mol. The third-order valence-corrected chi connectivity index (χ3v) is 13.5. The minimum atomic E-state index is -3.85. The Balaban J connectivity index is 1.16. The SMILES string of the molecule is CC(C)(C)OC(=O)C[C@H]1CCCCC/C=C\[C@@H]2C[C@@]2(C(=O)NS(=O)(=O)C2CC2)NC(=O)[C@@H]2[C@H]3CN(Cc4cccc(-c5ccccc5)c4)C[C@H]3CN2C1=O. The van der Waals surface area contributed by atoms with E-state index in [0.717, 1.165) is 42.4 Å². The third kappa shape index (κ3) is 8.59. The average molecular weight is 759 g/mol. The lowest BCUT2D eigenvalue weighted by Crippen LogP contribution is -2.58. The predicted octanol–water partition coefficient (Wildman–Crippen LogP) is 4.96. The standard InChI is InChI=1S/C42H54N4O7S/c1-41(2,3)53-36(47)22-31-16-8-5-4-6-11-18-33-23-42(33,40(50)44-54(51,52)34-19-20-34)43-38(48)37-35-27-45(25-32(35)26-46(37)39(31)49)24-28-13-12-17-30(21-28)29-14-9-7-10-15-29/h7,9-15,17-18,21,31-35,37H,4-6,8,16,19-20,22-27H2,1-3H3,(H,43,48)(H,44,50)/b18-11-/t31-,32+,33-,35+,37+,42-/m1/s1. The molecule has 2 N–H and O–H groups in total. The molecule has 11 nitrogen and oxygen atoms in total. The van der Waals surface area contributed by atoms with Gasteiger partial charge in [-0.1, -0.05) is 73.5 Å². The van der Waals surface area contributed by atoms with E-state index < -0.39 is 56.2 Å². The first kappa shape index (κ1) is 38.3. The molecule has 0 aromatic heterocycles. The summed E-state index contributed by atoms with van der Waals surface area (Å²) >= 11 is 0. The van der Waals surface area contributed by atoms with Crippen molar-refractivity contribution in [2.75, 3.05) is 19.6 Å². The van der Waals surface area contributed by atoms with Crippen molar-refractivity contribution in [2.24, 2.45) is 23.7 Å². The van der Waals surface area contributed by atoms with Gasteiger partial charge in [0.15, 0.2) is 0 Å². The van der Waals surface area contributed by atoms with Crippen LogP contribution in [-0.4, -0.2) is 84.0 Å². The van der Waals surface area contributed by atoms with Crippen LogP contribution in [0.4, 0.5) is 0 Å². The highest BCUT2D eigenvalue weighted by Crippen LogP contribution is 2.47. The molecule has 54 heavy (non-hydrogen) atoms. The number of sulfonamides is 1. The van der Waals surface area contributed by atoms with E-state index >= 15 is 0 Å². The second kappa shape index (κ2) is 15.2. The molecule has 2 aromatic carbocycles. The van der Waals surface area contributed by atoms with Gasteiger partial charge in [0.1, 0.15) is 17.2 Å². The first-order valence-electron chi connectivity index (χ1n) is 19.7. The van der Waals surface area contributed by atoms with Crippen LogP contribution in [0.3, 0.4) is 0 Å². The fourth-order valence-electron chi connectivity index (χ4n) is 8.75. The molecule has 2 saturated carbocycles. The summed E-state index contributed by atoms with van der Waals surface area (Å²) in [4.78, 5) is 60.3. The number of fused-ring (bicyclic) bond motifs is 4. The number of carbonyl (C=O) groups excluding carboxylic acids is 4. The Labute approximate surface area is 319 Å². The Bertz CT molecular complexity index is 1890. The number of nitrogens with one attached hydrogen (secondary N) is 2. The van der Waals surface area contributed by atoms with Crippen LogP contribution in [0.1, 0.15) is 84.1 Å². The van der Waals surface area contributed by atoms with Crippen LogP contribution in [0.15, 0.2) is 66.7 Å². The first-order chi connectivity index (χ1) is 25.7. The summed E-state index contributed by atoms with van der Waals surface area (Å²) < 4.78 is 33.7. The van der Waals surface area contributed by atoms with E-state index in [2.05, 4.69) is 51.3 Å². The lowest BCUT2D eigenvalue weighted by Gasteiger charge is -2.33. The van der Waals surface area contributed by atoms with Crippen LogP contribution in [0, 0.1) is 23.7 Å². The Morgan fingerprint density at radius 2 is 1.70 bits per heavy atom. The van der Waals surface area contributed by atoms with Gasteiger partial charge in [0, 0.05) is 43.9 Å². The Morgan fingerprint density at radius 1 is 0.944 bits per heavy atom. The molecule has 3 amide bonds. The molecule has 3 aliphatic heterocycles. The summed E-state index contributed by atoms with van der Waals surface area (Å²) in [5.41, 5.74) is 1.28. The number of amides is 3. The summed E-state index contributed by atoms with van der Waals surface area (Å²) in [5.74, 6) is -3.09. The molecule has 0 spiro atoms. The third-order valence-electron chi connectivity index (χ3n) is 11.7. The van der Waals surface area contributed by atoms with Crippen molar-refractivity contribution >= 4 is 33.7 Å². The first-order valence-corrected chi connectivity index (χ1v) is 21.2. The molecule has 7 rings (SSSR count). The highest BCUT2D eigenvalue weighted by molar-refractivity contribution is 7.91. The van der Waals surface area contributed by atoms with E-state index in [0.29, 0.717) is 45.4 Å². The number of allylic oxidation sites excluding steroid dienone is 1. The molecule has 3 heterocycles. The number of esters is 1. The van der Waals surface area contributed by atoms with Crippen LogP contribution in [0.5, 0.6) is 0 Å². The van der Waals surface area contributed by atoms with Crippen molar-refractivity contribution < 1.29 is 32.3 Å². The number of hydrogen-bond donors (Lipinski definition) is 2. The van der Waals surface area contributed by atoms with Gasteiger partial charge in [-0.05, 0) is 88.0 Å². The van der Waals surface area contributed by atoms with E-state index in [1.165, 1.54) is 0 Å². The summed E-state index contributed by atoms with van der Waals surface area (Å²) in [5, 5.41) is 2.44. The van der Waals surface area contributed by atoms with E-state index in [1.54, 1.807) is 25.7 Å². The Hall–Kier alpha value is -4.03. The largest absolute Gasteiger partial charge is 0.460 e. The quantitative estimate of drug-likeness (QED) is 0.284. The second-order valence-electron chi connectivity index (χ2n) is 17.1. The minimum absolute atomic E-state index is 0.00187. The fraction of sp³-hybridized carbons (Fsp3) is 0.571. The summed E-state index contributed by atoms with van der Waals surface area (Å²) in [6.45, 7) is 7.68. The molecular formula is C42H54N4O7S. The van der Waals surface area contributed by atoms with Crippen molar-refractivity contribution in [2.45, 2.75) is 108 Å². The Morgan fingerprint density at radius 3 is 2.44 bits per heavy atom. The van der Waals surface area contributed by atoms with Gasteiger partial charge in [-0.15, -0.1) is 0 Å². The van der Waals surface area contributed by atoms with Gasteiger partial charge in [-0.2, -0.15) is 0 Å².